The van der Waals surface area contributed by atoms with E-state index in [1.807, 2.05) is 16.8 Å². The average Bonchev–Trinajstić information content (AvgIpc) is 2.79. The Morgan fingerprint density at radius 2 is 2.47 bits per heavy atom. The normalized spacial score (nSPS) is 15.7. The van der Waals surface area contributed by atoms with Crippen molar-refractivity contribution in [2.45, 2.75) is 25.4 Å². The zero-order valence-electron chi connectivity index (χ0n) is 8.13. The number of hydrogen-bond donors (Lipinski definition) is 1. The number of hydrogen-bond acceptors (Lipinski definition) is 5. The summed E-state index contributed by atoms with van der Waals surface area (Å²) in [6, 6.07) is 2.69. The van der Waals surface area contributed by atoms with Crippen LogP contribution in [0.3, 0.4) is 0 Å². The van der Waals surface area contributed by atoms with E-state index in [0.29, 0.717) is 6.04 Å². The van der Waals surface area contributed by atoms with Gasteiger partial charge < -0.3 is 5.32 Å². The highest BCUT2D eigenvalue weighted by atomic mass is 32.1. The van der Waals surface area contributed by atoms with Gasteiger partial charge in [-0.1, -0.05) is 0 Å². The predicted molar refractivity (Wildman–Crippen MR) is 56.9 cm³/mol. The fourth-order valence-corrected chi connectivity index (χ4v) is 2.03. The molecule has 2 heterocycles. The highest BCUT2D eigenvalue weighted by Gasteiger charge is 2.21. The number of nitrogens with zero attached hydrogens (tertiary/aromatic N) is 4. The zero-order valence-corrected chi connectivity index (χ0v) is 8.94. The molecule has 2 aromatic rings. The van der Waals surface area contributed by atoms with E-state index in [9.17, 15) is 0 Å². The minimum Gasteiger partial charge on any atom is -0.307 e. The second kappa shape index (κ2) is 3.71. The molecule has 6 heteroatoms. The highest BCUT2D eigenvalue weighted by Crippen LogP contribution is 2.19. The van der Waals surface area contributed by atoms with E-state index in [1.54, 1.807) is 16.0 Å². The maximum atomic E-state index is 4.02. The molecule has 1 fully saturated rings. The van der Waals surface area contributed by atoms with E-state index in [2.05, 4.69) is 20.8 Å². The Bertz CT molecular complexity index is 431. The van der Waals surface area contributed by atoms with E-state index in [4.69, 9.17) is 0 Å². The molecule has 0 unspecified atom stereocenters. The van der Waals surface area contributed by atoms with Crippen molar-refractivity contribution < 1.29 is 0 Å². The van der Waals surface area contributed by atoms with Crippen molar-refractivity contribution in [2.75, 3.05) is 0 Å². The third-order valence-corrected chi connectivity index (χ3v) is 3.08. The summed E-state index contributed by atoms with van der Waals surface area (Å²) in [6.45, 7) is 0.744. The molecule has 0 saturated heterocycles. The summed E-state index contributed by atoms with van der Waals surface area (Å²) in [5, 5.41) is 19.2. The molecule has 3 rings (SSSR count). The van der Waals surface area contributed by atoms with Gasteiger partial charge in [-0.15, -0.1) is 5.10 Å². The first-order valence-corrected chi connectivity index (χ1v) is 5.91. The van der Waals surface area contributed by atoms with Crippen LogP contribution in [0.2, 0.25) is 0 Å². The first-order chi connectivity index (χ1) is 7.43. The Hall–Kier alpha value is -1.27. The molecule has 0 radical (unpaired) electrons. The Labute approximate surface area is 91.1 Å². The summed E-state index contributed by atoms with van der Waals surface area (Å²) in [7, 11) is 0. The lowest BCUT2D eigenvalue weighted by atomic mass is 10.5. The first-order valence-electron chi connectivity index (χ1n) is 4.97. The summed E-state index contributed by atoms with van der Waals surface area (Å²) in [5.41, 5.74) is 1.04. The van der Waals surface area contributed by atoms with Crippen molar-refractivity contribution in [3.63, 3.8) is 0 Å². The third kappa shape index (κ3) is 1.91. The van der Waals surface area contributed by atoms with Crippen LogP contribution >= 0.6 is 11.3 Å². The van der Waals surface area contributed by atoms with Gasteiger partial charge in [0.05, 0.1) is 12.2 Å². The second-order valence-corrected chi connectivity index (χ2v) is 4.42. The van der Waals surface area contributed by atoms with Gasteiger partial charge >= 0.3 is 0 Å². The van der Waals surface area contributed by atoms with E-state index in [1.165, 1.54) is 12.8 Å². The molecule has 1 saturated carbocycles. The molecular formula is C9H11N5S. The van der Waals surface area contributed by atoms with Gasteiger partial charge in [0.25, 0.3) is 0 Å². The predicted octanol–water partition coefficient (Wildman–Crippen LogP) is 0.976. The van der Waals surface area contributed by atoms with Crippen molar-refractivity contribution >= 4 is 11.3 Å². The monoisotopic (exact) mass is 221 g/mol. The summed E-state index contributed by atoms with van der Waals surface area (Å²) in [6.07, 6.45) is 2.56. The Morgan fingerprint density at radius 1 is 1.53 bits per heavy atom. The van der Waals surface area contributed by atoms with Gasteiger partial charge in [0.15, 0.2) is 5.82 Å². The summed E-state index contributed by atoms with van der Waals surface area (Å²) in [5.74, 6) is 0.875. The molecule has 0 atom stereocenters. The largest absolute Gasteiger partial charge is 0.307 e. The molecule has 2 aromatic heterocycles. The smallest absolute Gasteiger partial charge is 0.170 e. The van der Waals surface area contributed by atoms with E-state index >= 15 is 0 Å². The van der Waals surface area contributed by atoms with Crippen LogP contribution in [0.1, 0.15) is 18.7 Å². The number of tetrazole rings is 1. The lowest BCUT2D eigenvalue weighted by Crippen LogP contribution is -2.18. The summed E-state index contributed by atoms with van der Waals surface area (Å²) < 4.78 is 1.78. The van der Waals surface area contributed by atoms with Crippen LogP contribution in [0.4, 0.5) is 0 Å². The molecule has 0 aliphatic heterocycles. The molecule has 0 amide bonds. The molecule has 5 nitrogen and oxygen atoms in total. The third-order valence-electron chi connectivity index (χ3n) is 2.41. The van der Waals surface area contributed by atoms with Crippen molar-refractivity contribution in [1.29, 1.82) is 0 Å². The quantitative estimate of drug-likeness (QED) is 0.836. The van der Waals surface area contributed by atoms with E-state index in [0.717, 1.165) is 18.1 Å². The lowest BCUT2D eigenvalue weighted by Gasteiger charge is -2.02. The molecule has 15 heavy (non-hydrogen) atoms. The topological polar surface area (TPSA) is 55.6 Å². The van der Waals surface area contributed by atoms with Gasteiger partial charge in [0, 0.05) is 11.4 Å². The van der Waals surface area contributed by atoms with Crippen molar-refractivity contribution in [3.8, 4) is 5.69 Å². The molecule has 0 aromatic carbocycles. The van der Waals surface area contributed by atoms with Crippen molar-refractivity contribution in [3.05, 3.63) is 22.7 Å². The van der Waals surface area contributed by atoms with Gasteiger partial charge in [-0.25, -0.2) is 0 Å². The lowest BCUT2D eigenvalue weighted by molar-refractivity contribution is 0.638. The zero-order chi connectivity index (χ0) is 10.1. The highest BCUT2D eigenvalue weighted by molar-refractivity contribution is 7.08. The minimum atomic E-state index is 0.678. The fraction of sp³-hybridized carbons (Fsp3) is 0.444. The van der Waals surface area contributed by atoms with Crippen LogP contribution in [0.25, 0.3) is 5.69 Å². The molecule has 78 valence electrons. The minimum absolute atomic E-state index is 0.678. The number of nitrogens with one attached hydrogen (secondary N) is 1. The van der Waals surface area contributed by atoms with Gasteiger partial charge in [-0.2, -0.15) is 16.0 Å². The van der Waals surface area contributed by atoms with Gasteiger partial charge in [0.2, 0.25) is 0 Å². The average molecular weight is 221 g/mol. The summed E-state index contributed by atoms with van der Waals surface area (Å²) >= 11 is 1.65. The van der Waals surface area contributed by atoms with Gasteiger partial charge in [-0.05, 0) is 34.7 Å². The van der Waals surface area contributed by atoms with E-state index in [-0.39, 0.29) is 0 Å². The van der Waals surface area contributed by atoms with Crippen LogP contribution in [0, 0.1) is 0 Å². The van der Waals surface area contributed by atoms with Gasteiger partial charge in [-0.3, -0.25) is 0 Å². The summed E-state index contributed by atoms with van der Waals surface area (Å²) in [4.78, 5) is 0. The van der Waals surface area contributed by atoms with Gasteiger partial charge in [0.1, 0.15) is 0 Å². The second-order valence-electron chi connectivity index (χ2n) is 3.64. The maximum absolute atomic E-state index is 4.02. The van der Waals surface area contributed by atoms with E-state index < -0.39 is 0 Å². The van der Waals surface area contributed by atoms with Crippen LogP contribution in [0.5, 0.6) is 0 Å². The standard InChI is InChI=1S/C9H11N5S/c1-2-7(1)10-5-9-11-12-13-14(9)8-3-4-15-6-8/h3-4,6-7,10H,1-2,5H2. The molecule has 1 N–H and O–H groups in total. The van der Waals surface area contributed by atoms with Crippen LogP contribution < -0.4 is 5.32 Å². The Balaban J connectivity index is 1.79. The first kappa shape index (κ1) is 8.99. The fourth-order valence-electron chi connectivity index (χ4n) is 1.42. The van der Waals surface area contributed by atoms with Crippen LogP contribution in [-0.2, 0) is 6.54 Å². The molecule has 1 aliphatic rings. The molecular weight excluding hydrogens is 210 g/mol. The number of aromatic nitrogens is 4. The number of thiophene rings is 1. The maximum Gasteiger partial charge on any atom is 0.170 e. The Morgan fingerprint density at radius 3 is 3.20 bits per heavy atom. The van der Waals surface area contributed by atoms with Crippen LogP contribution in [0.15, 0.2) is 16.8 Å². The molecule has 1 aliphatic carbocycles. The molecule has 0 bridgehead atoms. The van der Waals surface area contributed by atoms with Crippen LogP contribution in [-0.4, -0.2) is 26.2 Å². The van der Waals surface area contributed by atoms with Crippen molar-refractivity contribution in [2.24, 2.45) is 0 Å². The number of rotatable bonds is 4. The SMILES string of the molecule is c1cc(-n2nnnc2CNC2CC2)cs1. The molecule has 0 spiro atoms. The van der Waals surface area contributed by atoms with Crippen molar-refractivity contribution in [1.82, 2.24) is 25.5 Å². The Kier molecular flexibility index (Phi) is 2.22.